The first-order valence-corrected chi connectivity index (χ1v) is 6.74. The van der Waals surface area contributed by atoms with E-state index < -0.39 is 12.1 Å². The minimum absolute atomic E-state index is 0.232. The van der Waals surface area contributed by atoms with Crippen molar-refractivity contribution in [1.82, 2.24) is 5.32 Å². The van der Waals surface area contributed by atoms with Gasteiger partial charge in [-0.15, -0.1) is 0 Å². The molecule has 0 aromatic heterocycles. The number of piperidine rings is 1. The van der Waals surface area contributed by atoms with Crippen molar-refractivity contribution < 1.29 is 13.2 Å². The Morgan fingerprint density at radius 3 is 2.18 bits per heavy atom. The summed E-state index contributed by atoms with van der Waals surface area (Å²) in [5.41, 5.74) is 0. The lowest BCUT2D eigenvalue weighted by molar-refractivity contribution is -0.191. The summed E-state index contributed by atoms with van der Waals surface area (Å²) in [7, 11) is 0. The number of halogens is 3. The van der Waals surface area contributed by atoms with Gasteiger partial charge in [0.05, 0.1) is 5.92 Å². The predicted octanol–water partition coefficient (Wildman–Crippen LogP) is 3.60. The lowest BCUT2D eigenvalue weighted by Gasteiger charge is -2.39. The van der Waals surface area contributed by atoms with Crippen LogP contribution in [-0.2, 0) is 0 Å². The van der Waals surface area contributed by atoms with Crippen molar-refractivity contribution in [3.8, 4) is 0 Å². The van der Waals surface area contributed by atoms with Crippen LogP contribution < -0.4 is 5.32 Å². The molecule has 4 heteroatoms. The zero-order valence-electron chi connectivity index (χ0n) is 10.4. The van der Waals surface area contributed by atoms with Crippen molar-refractivity contribution in [2.24, 2.45) is 23.7 Å². The van der Waals surface area contributed by atoms with Crippen molar-refractivity contribution >= 4 is 0 Å². The molecular formula is C13H22F3N. The molecule has 3 unspecified atom stereocenters. The largest absolute Gasteiger partial charge is 0.391 e. The van der Waals surface area contributed by atoms with E-state index in [0.29, 0.717) is 24.7 Å². The zero-order chi connectivity index (χ0) is 12.5. The average molecular weight is 249 g/mol. The second-order valence-corrected chi connectivity index (χ2v) is 5.90. The SMILES string of the molecule is CC1CC(C2CCNCC2)CC(C(F)(F)F)C1. The van der Waals surface area contributed by atoms with E-state index in [1.807, 2.05) is 6.92 Å². The molecule has 0 aromatic carbocycles. The Morgan fingerprint density at radius 2 is 1.59 bits per heavy atom. The summed E-state index contributed by atoms with van der Waals surface area (Å²) in [5.74, 6) is -0.00211. The highest BCUT2D eigenvalue weighted by molar-refractivity contribution is 4.86. The van der Waals surface area contributed by atoms with Gasteiger partial charge in [-0.3, -0.25) is 0 Å². The van der Waals surface area contributed by atoms with Gasteiger partial charge in [-0.05, 0) is 62.9 Å². The Kier molecular flexibility index (Phi) is 4.01. The monoisotopic (exact) mass is 249 g/mol. The molecule has 0 bridgehead atoms. The number of hydrogen-bond acceptors (Lipinski definition) is 1. The number of hydrogen-bond donors (Lipinski definition) is 1. The third-order valence-electron chi connectivity index (χ3n) is 4.49. The molecule has 3 atom stereocenters. The second-order valence-electron chi connectivity index (χ2n) is 5.90. The van der Waals surface area contributed by atoms with E-state index in [2.05, 4.69) is 5.32 Å². The summed E-state index contributed by atoms with van der Waals surface area (Å²) in [6.07, 6.45) is -0.162. The summed E-state index contributed by atoms with van der Waals surface area (Å²) in [6, 6.07) is 0. The molecule has 1 aliphatic carbocycles. The maximum Gasteiger partial charge on any atom is 0.391 e. The summed E-state index contributed by atoms with van der Waals surface area (Å²) >= 11 is 0. The second kappa shape index (κ2) is 5.17. The van der Waals surface area contributed by atoms with E-state index >= 15 is 0 Å². The van der Waals surface area contributed by atoms with Gasteiger partial charge in [-0.25, -0.2) is 0 Å². The predicted molar refractivity (Wildman–Crippen MR) is 61.6 cm³/mol. The first-order chi connectivity index (χ1) is 7.97. The lowest BCUT2D eigenvalue weighted by atomic mass is 9.68. The maximum atomic E-state index is 12.8. The van der Waals surface area contributed by atoms with Gasteiger partial charge in [-0.2, -0.15) is 13.2 Å². The van der Waals surface area contributed by atoms with Gasteiger partial charge >= 0.3 is 6.18 Å². The van der Waals surface area contributed by atoms with Crippen molar-refractivity contribution in [3.05, 3.63) is 0 Å². The molecule has 2 aliphatic rings. The molecule has 1 aliphatic heterocycles. The van der Waals surface area contributed by atoms with E-state index in [-0.39, 0.29) is 5.92 Å². The molecule has 100 valence electrons. The topological polar surface area (TPSA) is 12.0 Å². The third kappa shape index (κ3) is 3.36. The highest BCUT2D eigenvalue weighted by Crippen LogP contribution is 2.45. The van der Waals surface area contributed by atoms with E-state index in [1.54, 1.807) is 0 Å². The van der Waals surface area contributed by atoms with Crippen LogP contribution in [0.2, 0.25) is 0 Å². The van der Waals surface area contributed by atoms with Crippen LogP contribution in [0.5, 0.6) is 0 Å². The Hall–Kier alpha value is -0.250. The van der Waals surface area contributed by atoms with Crippen LogP contribution in [0.1, 0.15) is 39.0 Å². The Morgan fingerprint density at radius 1 is 0.941 bits per heavy atom. The number of nitrogens with one attached hydrogen (secondary N) is 1. The van der Waals surface area contributed by atoms with Gasteiger partial charge in [0.2, 0.25) is 0 Å². The van der Waals surface area contributed by atoms with Crippen LogP contribution in [0.4, 0.5) is 13.2 Å². The average Bonchev–Trinajstić information content (AvgIpc) is 2.28. The molecule has 1 heterocycles. The minimum atomic E-state index is -3.99. The van der Waals surface area contributed by atoms with E-state index in [4.69, 9.17) is 0 Å². The molecule has 17 heavy (non-hydrogen) atoms. The Bertz CT molecular complexity index is 246. The molecule has 1 N–H and O–H groups in total. The minimum Gasteiger partial charge on any atom is -0.317 e. The molecule has 0 aromatic rings. The van der Waals surface area contributed by atoms with Crippen molar-refractivity contribution in [3.63, 3.8) is 0 Å². The van der Waals surface area contributed by atoms with Gasteiger partial charge < -0.3 is 5.32 Å². The van der Waals surface area contributed by atoms with E-state index in [1.165, 1.54) is 0 Å². The van der Waals surface area contributed by atoms with E-state index in [0.717, 1.165) is 32.4 Å². The van der Waals surface area contributed by atoms with Crippen molar-refractivity contribution in [2.45, 2.75) is 45.2 Å². The number of alkyl halides is 3. The van der Waals surface area contributed by atoms with Gasteiger partial charge in [0.1, 0.15) is 0 Å². The molecule has 2 rings (SSSR count). The van der Waals surface area contributed by atoms with Crippen molar-refractivity contribution in [2.75, 3.05) is 13.1 Å². The van der Waals surface area contributed by atoms with Crippen LogP contribution >= 0.6 is 0 Å². The first-order valence-electron chi connectivity index (χ1n) is 6.74. The fraction of sp³-hybridized carbons (Fsp3) is 1.00. The molecule has 0 radical (unpaired) electrons. The van der Waals surface area contributed by atoms with Crippen LogP contribution in [0.25, 0.3) is 0 Å². The lowest BCUT2D eigenvalue weighted by Crippen LogP contribution is -2.38. The van der Waals surface area contributed by atoms with Gasteiger partial charge in [-0.1, -0.05) is 6.92 Å². The van der Waals surface area contributed by atoms with Gasteiger partial charge in [0.25, 0.3) is 0 Å². The fourth-order valence-corrected chi connectivity index (χ4v) is 3.62. The highest BCUT2D eigenvalue weighted by atomic mass is 19.4. The van der Waals surface area contributed by atoms with Gasteiger partial charge in [0.15, 0.2) is 0 Å². The van der Waals surface area contributed by atoms with Crippen LogP contribution in [0, 0.1) is 23.7 Å². The quantitative estimate of drug-likeness (QED) is 0.748. The standard InChI is InChI=1S/C13H22F3N/c1-9-6-11(10-2-4-17-5-3-10)8-12(7-9)13(14,15)16/h9-12,17H,2-8H2,1H3. The highest BCUT2D eigenvalue weighted by Gasteiger charge is 2.45. The molecule has 0 amide bonds. The Labute approximate surface area is 101 Å². The summed E-state index contributed by atoms with van der Waals surface area (Å²) in [6.45, 7) is 3.93. The van der Waals surface area contributed by atoms with Crippen LogP contribution in [-0.4, -0.2) is 19.3 Å². The molecule has 1 saturated carbocycles. The smallest absolute Gasteiger partial charge is 0.317 e. The van der Waals surface area contributed by atoms with Crippen LogP contribution in [0.3, 0.4) is 0 Å². The summed E-state index contributed by atoms with van der Waals surface area (Å²) < 4.78 is 38.5. The fourth-order valence-electron chi connectivity index (χ4n) is 3.62. The Balaban J connectivity index is 1.97. The zero-order valence-corrected chi connectivity index (χ0v) is 10.4. The normalized spacial score (nSPS) is 37.1. The first kappa shape index (κ1) is 13.2. The number of rotatable bonds is 1. The van der Waals surface area contributed by atoms with Crippen molar-refractivity contribution in [1.29, 1.82) is 0 Å². The molecule has 1 nitrogen and oxygen atoms in total. The summed E-state index contributed by atoms with van der Waals surface area (Å²) in [4.78, 5) is 0. The molecule has 2 fully saturated rings. The van der Waals surface area contributed by atoms with E-state index in [9.17, 15) is 13.2 Å². The molecule has 0 spiro atoms. The van der Waals surface area contributed by atoms with Gasteiger partial charge in [0, 0.05) is 0 Å². The maximum absolute atomic E-state index is 12.8. The summed E-state index contributed by atoms with van der Waals surface area (Å²) in [5, 5.41) is 3.28. The third-order valence-corrected chi connectivity index (χ3v) is 4.49. The molecule has 1 saturated heterocycles. The molecular weight excluding hydrogens is 227 g/mol. The van der Waals surface area contributed by atoms with Crippen LogP contribution in [0.15, 0.2) is 0 Å².